The Morgan fingerprint density at radius 2 is 1.84 bits per heavy atom. The van der Waals surface area contributed by atoms with Crippen LogP contribution < -0.4 is 15.1 Å². The number of alkyl halides is 2. The number of hydrogen-bond donors (Lipinski definition) is 1. The summed E-state index contributed by atoms with van der Waals surface area (Å²) in [5.74, 6) is -5.23. The summed E-state index contributed by atoms with van der Waals surface area (Å²) in [5.41, 5.74) is 0.475. The maximum absolute atomic E-state index is 14.6. The van der Waals surface area contributed by atoms with E-state index in [0.29, 0.717) is 0 Å². The van der Waals surface area contributed by atoms with Gasteiger partial charge in [-0.2, -0.15) is 5.26 Å². The van der Waals surface area contributed by atoms with E-state index >= 15 is 0 Å². The van der Waals surface area contributed by atoms with Crippen LogP contribution in [0, 0.1) is 17.1 Å². The lowest BCUT2D eigenvalue weighted by Crippen LogP contribution is -2.53. The molecule has 0 radical (unpaired) electrons. The van der Waals surface area contributed by atoms with Crippen LogP contribution in [0.3, 0.4) is 0 Å². The maximum Gasteiger partial charge on any atom is 0.251 e. The number of nitrogens with zero attached hydrogens (tertiary/aromatic N) is 4. The molecule has 2 fully saturated rings. The number of nitriles is 1. The Hall–Kier alpha value is -4.43. The van der Waals surface area contributed by atoms with Gasteiger partial charge in [0.1, 0.15) is 23.7 Å². The van der Waals surface area contributed by atoms with Gasteiger partial charge in [-0.25, -0.2) is 18.2 Å². The second-order valence-corrected chi connectivity index (χ2v) is 11.0. The van der Waals surface area contributed by atoms with Gasteiger partial charge >= 0.3 is 0 Å². The largest absolute Gasteiger partial charge is 0.351 e. The fourth-order valence-electron chi connectivity index (χ4n) is 5.57. The van der Waals surface area contributed by atoms with E-state index in [1.807, 2.05) is 6.07 Å². The quantitative estimate of drug-likeness (QED) is 0.369. The Balaban J connectivity index is 1.59. The van der Waals surface area contributed by atoms with Crippen molar-refractivity contribution in [2.75, 3.05) is 9.80 Å². The van der Waals surface area contributed by atoms with Crippen LogP contribution in [0.2, 0.25) is 5.02 Å². The van der Waals surface area contributed by atoms with Gasteiger partial charge in [-0.1, -0.05) is 35.9 Å². The predicted octanol–water partition coefficient (Wildman–Crippen LogP) is 5.71. The molecule has 1 N–H and O–H groups in total. The first-order chi connectivity index (χ1) is 20.6. The normalized spacial score (nSPS) is 19.0. The van der Waals surface area contributed by atoms with Gasteiger partial charge in [0.25, 0.3) is 5.91 Å². The summed E-state index contributed by atoms with van der Waals surface area (Å²) in [7, 11) is 0. The van der Waals surface area contributed by atoms with Crippen LogP contribution in [0.25, 0.3) is 0 Å². The second kappa shape index (κ2) is 12.4. The van der Waals surface area contributed by atoms with Gasteiger partial charge in [0.05, 0.1) is 11.6 Å². The zero-order valence-corrected chi connectivity index (χ0v) is 23.6. The first-order valence-electron chi connectivity index (χ1n) is 13.8. The number of carbonyl (C=O) groups is 3. The highest BCUT2D eigenvalue weighted by Crippen LogP contribution is 2.37. The van der Waals surface area contributed by atoms with Gasteiger partial charge in [0, 0.05) is 47.8 Å². The monoisotopic (exact) mass is 609 g/mol. The average molecular weight is 610 g/mol. The molecular weight excluding hydrogens is 583 g/mol. The van der Waals surface area contributed by atoms with Crippen molar-refractivity contribution in [1.29, 1.82) is 5.26 Å². The molecule has 5 rings (SSSR count). The van der Waals surface area contributed by atoms with Crippen molar-refractivity contribution in [2.45, 2.75) is 62.6 Å². The van der Waals surface area contributed by atoms with Crippen molar-refractivity contribution in [3.8, 4) is 6.07 Å². The third-order valence-corrected chi connectivity index (χ3v) is 8.06. The number of nitrogens with one attached hydrogen (secondary N) is 1. The number of aromatic nitrogens is 1. The number of anilines is 2. The third kappa shape index (κ3) is 6.49. The highest BCUT2D eigenvalue weighted by Gasteiger charge is 2.45. The molecule has 1 saturated heterocycles. The molecule has 222 valence electrons. The van der Waals surface area contributed by atoms with Gasteiger partial charge in [0.2, 0.25) is 17.7 Å². The molecule has 2 aromatic carbocycles. The molecule has 2 heterocycles. The second-order valence-electron chi connectivity index (χ2n) is 10.6. The smallest absolute Gasteiger partial charge is 0.251 e. The molecule has 8 nitrogen and oxygen atoms in total. The van der Waals surface area contributed by atoms with E-state index in [0.717, 1.165) is 11.0 Å². The van der Waals surface area contributed by atoms with E-state index in [1.165, 1.54) is 47.5 Å². The minimum Gasteiger partial charge on any atom is -0.351 e. The Morgan fingerprint density at radius 3 is 2.53 bits per heavy atom. The van der Waals surface area contributed by atoms with Crippen molar-refractivity contribution in [3.63, 3.8) is 0 Å². The Morgan fingerprint density at radius 1 is 1.09 bits per heavy atom. The summed E-state index contributed by atoms with van der Waals surface area (Å²) in [6.07, 6.45) is 0.687. The van der Waals surface area contributed by atoms with Crippen LogP contribution in [0.5, 0.6) is 0 Å². The highest BCUT2D eigenvalue weighted by atomic mass is 35.5. The molecule has 1 saturated carbocycles. The number of amides is 3. The number of rotatable bonds is 7. The molecule has 12 heteroatoms. The van der Waals surface area contributed by atoms with Crippen LogP contribution in [0.1, 0.15) is 55.7 Å². The lowest BCUT2D eigenvalue weighted by atomic mass is 9.91. The summed E-state index contributed by atoms with van der Waals surface area (Å²) in [4.78, 5) is 48.2. The van der Waals surface area contributed by atoms with E-state index in [-0.39, 0.29) is 53.3 Å². The molecule has 1 aliphatic carbocycles. The molecular formula is C31H27ClF3N5O3. The van der Waals surface area contributed by atoms with Crippen LogP contribution in [-0.2, 0) is 14.4 Å². The van der Waals surface area contributed by atoms with E-state index in [1.54, 1.807) is 18.2 Å². The summed E-state index contributed by atoms with van der Waals surface area (Å²) in [6, 6.07) is 13.1. The molecule has 1 aliphatic heterocycles. The number of halogens is 4. The van der Waals surface area contributed by atoms with E-state index < -0.39 is 60.4 Å². The average Bonchev–Trinajstić information content (AvgIpc) is 3.38. The first-order valence-corrected chi connectivity index (χ1v) is 14.2. The van der Waals surface area contributed by atoms with E-state index in [9.17, 15) is 32.8 Å². The molecule has 2 atom stereocenters. The van der Waals surface area contributed by atoms with Gasteiger partial charge in [-0.05, 0) is 55.7 Å². The van der Waals surface area contributed by atoms with Crippen LogP contribution in [-0.4, -0.2) is 40.7 Å². The summed E-state index contributed by atoms with van der Waals surface area (Å²) in [5, 5.41) is 12.3. The van der Waals surface area contributed by atoms with Crippen molar-refractivity contribution < 1.29 is 27.6 Å². The molecule has 43 heavy (non-hydrogen) atoms. The Kier molecular flexibility index (Phi) is 8.69. The maximum atomic E-state index is 14.6. The number of benzene rings is 2. The van der Waals surface area contributed by atoms with Gasteiger partial charge in [-0.3, -0.25) is 24.2 Å². The molecule has 0 spiro atoms. The lowest BCUT2D eigenvalue weighted by Gasteiger charge is -2.37. The zero-order chi connectivity index (χ0) is 30.7. The predicted molar refractivity (Wildman–Crippen MR) is 153 cm³/mol. The lowest BCUT2D eigenvalue weighted by molar-refractivity contribution is -0.128. The number of carbonyl (C=O) groups excluding carboxylic acids is 3. The molecule has 1 aromatic heterocycles. The highest BCUT2D eigenvalue weighted by molar-refractivity contribution is 6.31. The fourth-order valence-corrected chi connectivity index (χ4v) is 5.81. The van der Waals surface area contributed by atoms with Crippen molar-refractivity contribution >= 4 is 40.8 Å². The van der Waals surface area contributed by atoms with Crippen LogP contribution in [0.4, 0.5) is 24.7 Å². The minimum atomic E-state index is -2.82. The van der Waals surface area contributed by atoms with Crippen molar-refractivity contribution in [2.24, 2.45) is 0 Å². The number of hydrogen-bond acceptors (Lipinski definition) is 5. The summed E-state index contributed by atoms with van der Waals surface area (Å²) >= 11 is 6.56. The van der Waals surface area contributed by atoms with Gasteiger partial charge in [0.15, 0.2) is 0 Å². The topological polar surface area (TPSA) is 106 Å². The zero-order valence-electron chi connectivity index (χ0n) is 22.9. The van der Waals surface area contributed by atoms with Gasteiger partial charge in [-0.15, -0.1) is 0 Å². The van der Waals surface area contributed by atoms with Crippen LogP contribution in [0.15, 0.2) is 66.9 Å². The van der Waals surface area contributed by atoms with Crippen LogP contribution >= 0.6 is 11.6 Å². The summed E-state index contributed by atoms with van der Waals surface area (Å²) in [6.45, 7) is 0. The first kappa shape index (κ1) is 30.0. The number of pyridine rings is 1. The molecule has 3 aromatic rings. The van der Waals surface area contributed by atoms with Crippen molar-refractivity contribution in [1.82, 2.24) is 10.3 Å². The van der Waals surface area contributed by atoms with Crippen molar-refractivity contribution in [3.05, 3.63) is 88.8 Å². The third-order valence-electron chi connectivity index (χ3n) is 7.71. The molecule has 2 aliphatic rings. The molecule has 3 amide bonds. The summed E-state index contributed by atoms with van der Waals surface area (Å²) < 4.78 is 42.3. The Bertz CT molecular complexity index is 1590. The van der Waals surface area contributed by atoms with Gasteiger partial charge < -0.3 is 5.32 Å². The Labute approximate surface area is 251 Å². The SMILES string of the molecule is N#Cc1ccnc(N2C(=O)CC[C@H]2C(=O)N(c2cccc(F)c2)[C@H](C(=O)NC2CCC(F)(F)CC2)c2ccccc2Cl)c1. The fraction of sp³-hybridized carbons (Fsp3) is 0.323. The molecule has 0 unspecified atom stereocenters. The molecule has 0 bridgehead atoms. The standard InChI is InChI=1S/C31H27ClF3N5O3/c32-24-7-2-1-6-23(24)28(29(42)38-21-10-13-31(34,35)14-11-21)39(22-5-3-4-20(33)17-22)30(43)25-8-9-27(41)40(25)26-16-19(18-36)12-15-37-26/h1-7,12,15-17,21,25,28H,8-11,13-14H2,(H,38,42)/t25-,28-/m0/s1. The van der Waals surface area contributed by atoms with E-state index in [4.69, 9.17) is 11.6 Å². The minimum absolute atomic E-state index is 0.00883. The van der Waals surface area contributed by atoms with E-state index in [2.05, 4.69) is 10.3 Å².